The summed E-state index contributed by atoms with van der Waals surface area (Å²) in [5.74, 6) is 0.174. The van der Waals surface area contributed by atoms with E-state index in [2.05, 4.69) is 10.6 Å². The molecule has 2 aromatic rings. The van der Waals surface area contributed by atoms with E-state index in [1.807, 2.05) is 32.0 Å². The van der Waals surface area contributed by atoms with Gasteiger partial charge in [0, 0.05) is 31.0 Å². The molecule has 0 saturated carbocycles. The Bertz CT molecular complexity index is 839. The van der Waals surface area contributed by atoms with Gasteiger partial charge in [-0.05, 0) is 49.7 Å². The molecule has 1 unspecified atom stereocenters. The van der Waals surface area contributed by atoms with Crippen LogP contribution in [0.2, 0.25) is 0 Å². The fourth-order valence-electron chi connectivity index (χ4n) is 3.22. The quantitative estimate of drug-likeness (QED) is 0.755. The largest absolute Gasteiger partial charge is 0.508 e. The van der Waals surface area contributed by atoms with Crippen LogP contribution in [0.5, 0.6) is 5.75 Å². The summed E-state index contributed by atoms with van der Waals surface area (Å²) >= 11 is 0. The van der Waals surface area contributed by atoms with Gasteiger partial charge in [-0.2, -0.15) is 0 Å². The van der Waals surface area contributed by atoms with E-state index in [1.165, 1.54) is 0 Å². The van der Waals surface area contributed by atoms with Gasteiger partial charge >= 0.3 is 12.1 Å². The maximum atomic E-state index is 12.8. The molecule has 4 amide bonds. The van der Waals surface area contributed by atoms with Crippen molar-refractivity contribution in [3.8, 4) is 5.75 Å². The molecule has 2 aromatic carbocycles. The SMILES string of the molecule is CCN(C(=O)Nc1cccc(N2CCNC2=O)c1)C(C)c1cccc(O)c1. The Hall–Kier alpha value is -3.22. The second kappa shape index (κ2) is 7.99. The summed E-state index contributed by atoms with van der Waals surface area (Å²) < 4.78 is 0. The molecule has 7 heteroatoms. The lowest BCUT2D eigenvalue weighted by Gasteiger charge is -2.29. The summed E-state index contributed by atoms with van der Waals surface area (Å²) in [7, 11) is 0. The second-order valence-corrected chi connectivity index (χ2v) is 6.42. The zero-order valence-electron chi connectivity index (χ0n) is 15.5. The average Bonchev–Trinajstić information content (AvgIpc) is 3.08. The van der Waals surface area contributed by atoms with E-state index in [4.69, 9.17) is 0 Å². The summed E-state index contributed by atoms with van der Waals surface area (Å²) in [5, 5.41) is 15.4. The molecular formula is C20H24N4O3. The van der Waals surface area contributed by atoms with E-state index >= 15 is 0 Å². The van der Waals surface area contributed by atoms with Gasteiger partial charge in [0.1, 0.15) is 5.75 Å². The van der Waals surface area contributed by atoms with Crippen LogP contribution in [-0.4, -0.2) is 41.7 Å². The van der Waals surface area contributed by atoms with Crippen LogP contribution in [0.3, 0.4) is 0 Å². The number of aromatic hydroxyl groups is 1. The molecule has 1 fully saturated rings. The fourth-order valence-corrected chi connectivity index (χ4v) is 3.22. The third-order valence-corrected chi connectivity index (χ3v) is 4.69. The number of anilines is 2. The fraction of sp³-hybridized carbons (Fsp3) is 0.300. The Labute approximate surface area is 158 Å². The number of hydrogen-bond donors (Lipinski definition) is 3. The molecule has 3 rings (SSSR count). The summed E-state index contributed by atoms with van der Waals surface area (Å²) in [6.45, 7) is 5.55. The standard InChI is InChI=1S/C20H24N4O3/c1-3-23(14(2)15-6-4-9-18(25)12-15)20(27)22-16-7-5-8-17(13-16)24-11-10-21-19(24)26/h4-9,12-14,25H,3,10-11H2,1-2H3,(H,21,26)(H,22,27). The molecule has 1 saturated heterocycles. The minimum atomic E-state index is -0.239. The first kappa shape index (κ1) is 18.6. The number of phenols is 1. The molecule has 1 aliphatic heterocycles. The first-order valence-electron chi connectivity index (χ1n) is 9.01. The number of nitrogens with zero attached hydrogens (tertiary/aromatic N) is 2. The smallest absolute Gasteiger partial charge is 0.322 e. The van der Waals surface area contributed by atoms with Crippen LogP contribution in [0.15, 0.2) is 48.5 Å². The molecule has 0 radical (unpaired) electrons. The van der Waals surface area contributed by atoms with Crippen molar-refractivity contribution in [2.75, 3.05) is 29.9 Å². The first-order chi connectivity index (χ1) is 13.0. The van der Waals surface area contributed by atoms with Crippen molar-refractivity contribution in [3.05, 3.63) is 54.1 Å². The molecule has 27 heavy (non-hydrogen) atoms. The number of carbonyl (C=O) groups excluding carboxylic acids is 2. The van der Waals surface area contributed by atoms with Gasteiger partial charge in [-0.1, -0.05) is 18.2 Å². The number of rotatable bonds is 5. The van der Waals surface area contributed by atoms with Crippen molar-refractivity contribution < 1.29 is 14.7 Å². The number of phenolic OH excluding ortho intramolecular Hbond substituents is 1. The van der Waals surface area contributed by atoms with Crippen molar-refractivity contribution in [1.82, 2.24) is 10.2 Å². The average molecular weight is 368 g/mol. The van der Waals surface area contributed by atoms with Gasteiger partial charge in [-0.15, -0.1) is 0 Å². The normalized spacial score (nSPS) is 14.6. The maximum absolute atomic E-state index is 12.8. The third kappa shape index (κ3) is 4.13. The lowest BCUT2D eigenvalue weighted by molar-refractivity contribution is 0.197. The van der Waals surface area contributed by atoms with Gasteiger partial charge in [0.05, 0.1) is 6.04 Å². The number of hydrogen-bond acceptors (Lipinski definition) is 3. The van der Waals surface area contributed by atoms with Crippen molar-refractivity contribution in [3.63, 3.8) is 0 Å². The van der Waals surface area contributed by atoms with Crippen molar-refractivity contribution >= 4 is 23.4 Å². The van der Waals surface area contributed by atoms with Gasteiger partial charge in [-0.25, -0.2) is 9.59 Å². The van der Waals surface area contributed by atoms with E-state index in [9.17, 15) is 14.7 Å². The van der Waals surface area contributed by atoms with E-state index in [1.54, 1.807) is 40.1 Å². The number of benzene rings is 2. The Morgan fingerprint density at radius 2 is 2.07 bits per heavy atom. The topological polar surface area (TPSA) is 84.9 Å². The molecule has 1 atom stereocenters. The summed E-state index contributed by atoms with van der Waals surface area (Å²) in [6, 6.07) is 13.6. The van der Waals surface area contributed by atoms with Crippen molar-refractivity contribution in [1.29, 1.82) is 0 Å². The number of amides is 4. The van der Waals surface area contributed by atoms with Crippen LogP contribution in [0.25, 0.3) is 0 Å². The number of carbonyl (C=O) groups is 2. The van der Waals surface area contributed by atoms with Gasteiger partial charge in [0.15, 0.2) is 0 Å². The molecule has 0 bridgehead atoms. The van der Waals surface area contributed by atoms with Crippen molar-refractivity contribution in [2.24, 2.45) is 0 Å². The third-order valence-electron chi connectivity index (χ3n) is 4.69. The van der Waals surface area contributed by atoms with Gasteiger partial charge in [0.25, 0.3) is 0 Å². The van der Waals surface area contributed by atoms with Gasteiger partial charge in [-0.3, -0.25) is 4.90 Å². The Morgan fingerprint density at radius 1 is 1.30 bits per heavy atom. The minimum absolute atomic E-state index is 0.133. The van der Waals surface area contributed by atoms with Crippen molar-refractivity contribution in [2.45, 2.75) is 19.9 Å². The monoisotopic (exact) mass is 368 g/mol. The second-order valence-electron chi connectivity index (χ2n) is 6.42. The molecule has 0 aromatic heterocycles. The predicted molar refractivity (Wildman–Crippen MR) is 105 cm³/mol. The highest BCUT2D eigenvalue weighted by atomic mass is 16.3. The van der Waals surface area contributed by atoms with Crippen LogP contribution in [0, 0.1) is 0 Å². The molecule has 1 heterocycles. The van der Waals surface area contributed by atoms with Crippen LogP contribution in [-0.2, 0) is 0 Å². The molecule has 142 valence electrons. The van der Waals surface area contributed by atoms with E-state index in [0.29, 0.717) is 25.3 Å². The van der Waals surface area contributed by atoms with Crippen LogP contribution in [0.4, 0.5) is 21.0 Å². The predicted octanol–water partition coefficient (Wildman–Crippen LogP) is 3.54. The van der Waals surface area contributed by atoms with Gasteiger partial charge < -0.3 is 20.6 Å². The molecule has 0 spiro atoms. The Kier molecular flexibility index (Phi) is 5.49. The maximum Gasteiger partial charge on any atom is 0.322 e. The molecular weight excluding hydrogens is 344 g/mol. The Balaban J connectivity index is 1.74. The number of urea groups is 2. The molecule has 0 aliphatic carbocycles. The van der Waals surface area contributed by atoms with E-state index < -0.39 is 0 Å². The summed E-state index contributed by atoms with van der Waals surface area (Å²) in [4.78, 5) is 28.0. The summed E-state index contributed by atoms with van der Waals surface area (Å²) in [6.07, 6.45) is 0. The van der Waals surface area contributed by atoms with Crippen LogP contribution in [0.1, 0.15) is 25.5 Å². The lowest BCUT2D eigenvalue weighted by Crippen LogP contribution is -2.37. The highest BCUT2D eigenvalue weighted by molar-refractivity contribution is 5.95. The summed E-state index contributed by atoms with van der Waals surface area (Å²) in [5.41, 5.74) is 2.22. The lowest BCUT2D eigenvalue weighted by atomic mass is 10.1. The van der Waals surface area contributed by atoms with E-state index in [-0.39, 0.29) is 23.9 Å². The Morgan fingerprint density at radius 3 is 2.74 bits per heavy atom. The molecule has 3 N–H and O–H groups in total. The number of nitrogens with one attached hydrogen (secondary N) is 2. The highest BCUT2D eigenvalue weighted by Crippen LogP contribution is 2.25. The zero-order valence-corrected chi connectivity index (χ0v) is 15.5. The minimum Gasteiger partial charge on any atom is -0.508 e. The molecule has 1 aliphatic rings. The first-order valence-corrected chi connectivity index (χ1v) is 9.01. The van der Waals surface area contributed by atoms with Gasteiger partial charge in [0.2, 0.25) is 0 Å². The molecule has 7 nitrogen and oxygen atoms in total. The van der Waals surface area contributed by atoms with Crippen LogP contribution < -0.4 is 15.5 Å². The van der Waals surface area contributed by atoms with E-state index in [0.717, 1.165) is 11.3 Å². The van der Waals surface area contributed by atoms with Crippen LogP contribution >= 0.6 is 0 Å². The highest BCUT2D eigenvalue weighted by Gasteiger charge is 2.23. The zero-order chi connectivity index (χ0) is 19.4.